The van der Waals surface area contributed by atoms with Gasteiger partial charge in [-0.1, -0.05) is 30.3 Å². The lowest BCUT2D eigenvalue weighted by Gasteiger charge is -2.37. The zero-order chi connectivity index (χ0) is 16.6. The Bertz CT molecular complexity index is 497. The third kappa shape index (κ3) is 5.19. The van der Waals surface area contributed by atoms with Gasteiger partial charge in [-0.3, -0.25) is 0 Å². The van der Waals surface area contributed by atoms with Gasteiger partial charge in [0.1, 0.15) is 6.61 Å². The summed E-state index contributed by atoms with van der Waals surface area (Å²) in [5.41, 5.74) is 0.987. The number of carbonyl (C=O) groups excluding carboxylic acids is 1. The van der Waals surface area contributed by atoms with Gasteiger partial charge in [0.2, 0.25) is 0 Å². The zero-order valence-corrected chi connectivity index (χ0v) is 13.9. The number of benzene rings is 1. The molecule has 1 atom stereocenters. The second-order valence-electron chi connectivity index (χ2n) is 6.10. The van der Waals surface area contributed by atoms with Gasteiger partial charge in [0.15, 0.2) is 6.29 Å². The Hall–Kier alpha value is -1.63. The van der Waals surface area contributed by atoms with Crippen LogP contribution in [0.15, 0.2) is 30.3 Å². The van der Waals surface area contributed by atoms with Crippen LogP contribution in [0.4, 0.5) is 4.79 Å². The number of hydrogen-bond acceptors (Lipinski definition) is 5. The molecule has 3 rings (SSSR count). The SMILES string of the molecule is O=C(OCc1ccccc1)N1CC(OCCOC2CCCCO2)C1. The van der Waals surface area contributed by atoms with Crippen molar-refractivity contribution in [3.63, 3.8) is 0 Å². The summed E-state index contributed by atoms with van der Waals surface area (Å²) in [6.07, 6.45) is 2.96. The molecule has 0 aromatic heterocycles. The molecule has 0 N–H and O–H groups in total. The molecule has 2 aliphatic rings. The number of rotatable bonds is 7. The minimum Gasteiger partial charge on any atom is -0.445 e. The van der Waals surface area contributed by atoms with Crippen LogP contribution in [0.1, 0.15) is 24.8 Å². The summed E-state index contributed by atoms with van der Waals surface area (Å²) < 4.78 is 22.1. The first-order chi connectivity index (χ1) is 11.8. The van der Waals surface area contributed by atoms with Crippen LogP contribution < -0.4 is 0 Å². The molecule has 6 heteroatoms. The first-order valence-corrected chi connectivity index (χ1v) is 8.62. The molecule has 2 saturated heterocycles. The largest absolute Gasteiger partial charge is 0.445 e. The monoisotopic (exact) mass is 335 g/mol. The summed E-state index contributed by atoms with van der Waals surface area (Å²) in [4.78, 5) is 13.5. The highest BCUT2D eigenvalue weighted by Gasteiger charge is 2.32. The van der Waals surface area contributed by atoms with Crippen molar-refractivity contribution in [1.29, 1.82) is 0 Å². The van der Waals surface area contributed by atoms with Gasteiger partial charge in [-0.15, -0.1) is 0 Å². The van der Waals surface area contributed by atoms with Crippen LogP contribution in [0.3, 0.4) is 0 Å². The Morgan fingerprint density at radius 2 is 1.92 bits per heavy atom. The summed E-state index contributed by atoms with van der Waals surface area (Å²) in [6, 6.07) is 9.66. The third-order valence-corrected chi connectivity index (χ3v) is 4.19. The first-order valence-electron chi connectivity index (χ1n) is 8.62. The molecule has 1 unspecified atom stereocenters. The van der Waals surface area contributed by atoms with Crippen LogP contribution in [0.25, 0.3) is 0 Å². The second-order valence-corrected chi connectivity index (χ2v) is 6.10. The molecule has 0 saturated carbocycles. The van der Waals surface area contributed by atoms with E-state index in [0.29, 0.717) is 32.9 Å². The molecule has 2 fully saturated rings. The number of amides is 1. The summed E-state index contributed by atoms with van der Waals surface area (Å²) in [7, 11) is 0. The lowest BCUT2D eigenvalue weighted by atomic mass is 10.2. The number of nitrogens with zero attached hydrogens (tertiary/aromatic N) is 1. The molecular formula is C18H25NO5. The molecule has 0 bridgehead atoms. The highest BCUT2D eigenvalue weighted by molar-refractivity contribution is 5.68. The Morgan fingerprint density at radius 3 is 2.67 bits per heavy atom. The average molecular weight is 335 g/mol. The molecular weight excluding hydrogens is 310 g/mol. The normalized spacial score (nSPS) is 21.3. The van der Waals surface area contributed by atoms with Gasteiger partial charge in [0, 0.05) is 6.61 Å². The molecule has 24 heavy (non-hydrogen) atoms. The van der Waals surface area contributed by atoms with Crippen molar-refractivity contribution in [2.45, 2.75) is 38.3 Å². The summed E-state index contributed by atoms with van der Waals surface area (Å²) >= 11 is 0. The van der Waals surface area contributed by atoms with Crippen molar-refractivity contribution in [2.24, 2.45) is 0 Å². The fourth-order valence-corrected chi connectivity index (χ4v) is 2.74. The summed E-state index contributed by atoms with van der Waals surface area (Å²) in [5.74, 6) is 0. The molecule has 2 aliphatic heterocycles. The fraction of sp³-hybridized carbons (Fsp3) is 0.611. The predicted octanol–water partition coefficient (Wildman–Crippen LogP) is 2.57. The smallest absolute Gasteiger partial charge is 0.410 e. The second kappa shape index (κ2) is 9.01. The van der Waals surface area contributed by atoms with E-state index in [1.807, 2.05) is 30.3 Å². The summed E-state index contributed by atoms with van der Waals surface area (Å²) in [5, 5.41) is 0. The molecule has 0 radical (unpaired) electrons. The number of hydrogen-bond donors (Lipinski definition) is 0. The van der Waals surface area contributed by atoms with E-state index >= 15 is 0 Å². The van der Waals surface area contributed by atoms with Gasteiger partial charge in [0.25, 0.3) is 0 Å². The highest BCUT2D eigenvalue weighted by Crippen LogP contribution is 2.15. The number of ether oxygens (including phenoxy) is 4. The van der Waals surface area contributed by atoms with Crippen molar-refractivity contribution < 1.29 is 23.7 Å². The van der Waals surface area contributed by atoms with E-state index in [4.69, 9.17) is 18.9 Å². The standard InChI is InChI=1S/C18H25NO5/c20-18(24-14-15-6-2-1-3-7-15)19-12-16(13-19)21-10-11-23-17-8-4-5-9-22-17/h1-3,6-7,16-17H,4-5,8-14H2. The van der Waals surface area contributed by atoms with E-state index in [1.54, 1.807) is 4.90 Å². The van der Waals surface area contributed by atoms with Crippen LogP contribution in [0, 0.1) is 0 Å². The van der Waals surface area contributed by atoms with E-state index in [2.05, 4.69) is 0 Å². The van der Waals surface area contributed by atoms with Gasteiger partial charge in [0.05, 0.1) is 32.4 Å². The van der Waals surface area contributed by atoms with Crippen LogP contribution in [0.5, 0.6) is 0 Å². The van der Waals surface area contributed by atoms with Crippen molar-refractivity contribution >= 4 is 6.09 Å². The van der Waals surface area contributed by atoms with E-state index in [9.17, 15) is 4.79 Å². The first kappa shape index (κ1) is 17.2. The van der Waals surface area contributed by atoms with Gasteiger partial charge in [-0.05, 0) is 24.8 Å². The van der Waals surface area contributed by atoms with E-state index in [-0.39, 0.29) is 18.5 Å². The predicted molar refractivity (Wildman–Crippen MR) is 87.5 cm³/mol. The van der Waals surface area contributed by atoms with E-state index in [1.165, 1.54) is 0 Å². The van der Waals surface area contributed by atoms with Crippen LogP contribution in [-0.4, -0.2) is 56.3 Å². The topological polar surface area (TPSA) is 57.2 Å². The fourth-order valence-electron chi connectivity index (χ4n) is 2.74. The molecule has 0 spiro atoms. The maximum Gasteiger partial charge on any atom is 0.410 e. The van der Waals surface area contributed by atoms with Gasteiger partial charge in [-0.2, -0.15) is 0 Å². The van der Waals surface area contributed by atoms with Crippen LogP contribution >= 0.6 is 0 Å². The highest BCUT2D eigenvalue weighted by atomic mass is 16.7. The Balaban J connectivity index is 1.22. The maximum absolute atomic E-state index is 11.9. The lowest BCUT2D eigenvalue weighted by molar-refractivity contribution is -0.174. The minimum absolute atomic E-state index is 0.0742. The minimum atomic E-state index is -0.287. The molecule has 1 amide bonds. The van der Waals surface area contributed by atoms with Gasteiger partial charge >= 0.3 is 6.09 Å². The summed E-state index contributed by atoms with van der Waals surface area (Å²) in [6.45, 7) is 3.29. The Kier molecular flexibility index (Phi) is 6.46. The van der Waals surface area contributed by atoms with E-state index in [0.717, 1.165) is 31.4 Å². The molecule has 1 aromatic carbocycles. The zero-order valence-electron chi connectivity index (χ0n) is 13.9. The van der Waals surface area contributed by atoms with Gasteiger partial charge < -0.3 is 23.8 Å². The van der Waals surface area contributed by atoms with Crippen molar-refractivity contribution in [1.82, 2.24) is 4.90 Å². The van der Waals surface area contributed by atoms with Crippen molar-refractivity contribution in [3.05, 3.63) is 35.9 Å². The molecule has 6 nitrogen and oxygen atoms in total. The lowest BCUT2D eigenvalue weighted by Crippen LogP contribution is -2.55. The third-order valence-electron chi connectivity index (χ3n) is 4.19. The Morgan fingerprint density at radius 1 is 1.12 bits per heavy atom. The number of likely N-dealkylation sites (tertiary alicyclic amines) is 1. The van der Waals surface area contributed by atoms with E-state index < -0.39 is 0 Å². The molecule has 2 heterocycles. The molecule has 0 aliphatic carbocycles. The van der Waals surface area contributed by atoms with Crippen molar-refractivity contribution in [3.8, 4) is 0 Å². The van der Waals surface area contributed by atoms with Crippen molar-refractivity contribution in [2.75, 3.05) is 32.9 Å². The number of carbonyl (C=O) groups is 1. The quantitative estimate of drug-likeness (QED) is 0.717. The Labute approximate surface area is 142 Å². The average Bonchev–Trinajstić information content (AvgIpc) is 2.60. The maximum atomic E-state index is 11.9. The van der Waals surface area contributed by atoms with Crippen LogP contribution in [0.2, 0.25) is 0 Å². The van der Waals surface area contributed by atoms with Gasteiger partial charge in [-0.25, -0.2) is 4.79 Å². The van der Waals surface area contributed by atoms with Crippen LogP contribution in [-0.2, 0) is 25.6 Å². The molecule has 1 aromatic rings. The molecule has 132 valence electrons.